The van der Waals surface area contributed by atoms with Gasteiger partial charge in [0.2, 0.25) is 11.7 Å². The summed E-state index contributed by atoms with van der Waals surface area (Å²) >= 11 is 1.74. The lowest BCUT2D eigenvalue weighted by atomic mass is 10.1. The fourth-order valence-electron chi connectivity index (χ4n) is 2.84. The van der Waals surface area contributed by atoms with Gasteiger partial charge in [0.05, 0.1) is 17.8 Å². The third-order valence-corrected chi connectivity index (χ3v) is 4.69. The van der Waals surface area contributed by atoms with Gasteiger partial charge in [-0.2, -0.15) is 4.98 Å². The molecule has 22 heavy (non-hydrogen) atoms. The van der Waals surface area contributed by atoms with Gasteiger partial charge in [-0.25, -0.2) is 4.98 Å². The molecule has 1 aliphatic heterocycles. The van der Waals surface area contributed by atoms with Crippen LogP contribution in [0.4, 0.5) is 0 Å². The second-order valence-electron chi connectivity index (χ2n) is 5.51. The van der Waals surface area contributed by atoms with Gasteiger partial charge < -0.3 is 8.94 Å². The van der Waals surface area contributed by atoms with E-state index in [0.29, 0.717) is 29.9 Å². The van der Waals surface area contributed by atoms with Crippen LogP contribution in [-0.2, 0) is 13.0 Å². The Hall–Kier alpha value is -1.99. The molecule has 1 aliphatic rings. The molecule has 0 aliphatic carbocycles. The van der Waals surface area contributed by atoms with E-state index in [0.717, 1.165) is 19.5 Å². The van der Waals surface area contributed by atoms with E-state index in [1.807, 2.05) is 23.7 Å². The Morgan fingerprint density at radius 1 is 1.41 bits per heavy atom. The highest BCUT2D eigenvalue weighted by Gasteiger charge is 2.25. The van der Waals surface area contributed by atoms with Crippen molar-refractivity contribution in [3.05, 3.63) is 40.9 Å². The summed E-state index contributed by atoms with van der Waals surface area (Å²) in [4.78, 5) is 11.1. The maximum Gasteiger partial charge on any atom is 0.241 e. The number of furan rings is 1. The maximum atomic E-state index is 5.32. The molecule has 0 radical (unpaired) electrons. The molecule has 4 heterocycles. The van der Waals surface area contributed by atoms with Crippen molar-refractivity contribution in [2.24, 2.45) is 5.92 Å². The number of thiazole rings is 1. The molecule has 0 aromatic carbocycles. The molecule has 0 saturated carbocycles. The fourth-order valence-corrected chi connectivity index (χ4v) is 3.57. The van der Waals surface area contributed by atoms with Crippen LogP contribution >= 0.6 is 11.3 Å². The third-order valence-electron chi connectivity index (χ3n) is 3.89. The van der Waals surface area contributed by atoms with Crippen molar-refractivity contribution in [1.82, 2.24) is 20.0 Å². The van der Waals surface area contributed by atoms with E-state index >= 15 is 0 Å². The first-order chi connectivity index (χ1) is 10.9. The van der Waals surface area contributed by atoms with Crippen molar-refractivity contribution >= 4 is 11.3 Å². The summed E-state index contributed by atoms with van der Waals surface area (Å²) in [6.07, 6.45) is 5.74. The molecule has 0 bridgehead atoms. The van der Waals surface area contributed by atoms with Gasteiger partial charge >= 0.3 is 0 Å². The zero-order chi connectivity index (χ0) is 14.8. The molecular formula is C15H16N4O2S. The first-order valence-electron chi connectivity index (χ1n) is 7.34. The SMILES string of the molecule is c1coc(-c2noc(CN3CCC(Cc4nccs4)C3)n2)c1. The van der Waals surface area contributed by atoms with Crippen molar-refractivity contribution in [2.45, 2.75) is 19.4 Å². The number of hydrogen-bond donors (Lipinski definition) is 0. The Morgan fingerprint density at radius 2 is 2.41 bits per heavy atom. The molecule has 4 rings (SSSR count). The largest absolute Gasteiger partial charge is 0.461 e. The van der Waals surface area contributed by atoms with Gasteiger partial charge in [-0.15, -0.1) is 11.3 Å². The average molecular weight is 316 g/mol. The Bertz CT molecular complexity index is 708. The van der Waals surface area contributed by atoms with Crippen molar-refractivity contribution < 1.29 is 8.94 Å². The molecule has 6 nitrogen and oxygen atoms in total. The molecule has 0 spiro atoms. The molecule has 3 aromatic rings. The van der Waals surface area contributed by atoms with Gasteiger partial charge in [0.15, 0.2) is 5.76 Å². The molecule has 1 fully saturated rings. The summed E-state index contributed by atoms with van der Waals surface area (Å²) in [6.45, 7) is 2.81. The second-order valence-corrected chi connectivity index (χ2v) is 6.49. The number of aromatic nitrogens is 3. The van der Waals surface area contributed by atoms with Crippen molar-refractivity contribution in [2.75, 3.05) is 13.1 Å². The van der Waals surface area contributed by atoms with E-state index in [-0.39, 0.29) is 0 Å². The molecule has 1 atom stereocenters. The molecule has 1 saturated heterocycles. The zero-order valence-corrected chi connectivity index (χ0v) is 12.8. The first kappa shape index (κ1) is 13.7. The normalized spacial score (nSPS) is 19.0. The van der Waals surface area contributed by atoms with E-state index in [1.54, 1.807) is 17.6 Å². The van der Waals surface area contributed by atoms with E-state index < -0.39 is 0 Å². The minimum absolute atomic E-state index is 0.513. The zero-order valence-electron chi connectivity index (χ0n) is 12.0. The Labute approximate surface area is 131 Å². The van der Waals surface area contributed by atoms with Crippen molar-refractivity contribution in [3.63, 3.8) is 0 Å². The summed E-state index contributed by atoms with van der Waals surface area (Å²) in [6, 6.07) is 3.64. The Kier molecular flexibility index (Phi) is 3.74. The quantitative estimate of drug-likeness (QED) is 0.721. The molecule has 0 amide bonds. The topological polar surface area (TPSA) is 68.2 Å². The van der Waals surface area contributed by atoms with E-state index in [1.165, 1.54) is 11.4 Å². The summed E-state index contributed by atoms with van der Waals surface area (Å²) in [5.41, 5.74) is 0. The molecule has 114 valence electrons. The molecule has 7 heteroatoms. The van der Waals surface area contributed by atoms with Crippen LogP contribution in [0.25, 0.3) is 11.6 Å². The summed E-state index contributed by atoms with van der Waals surface area (Å²) in [5.74, 6) is 2.46. The number of rotatable bonds is 5. The predicted octanol–water partition coefficient (Wildman–Crippen LogP) is 2.85. The molecule has 3 aromatic heterocycles. The highest BCUT2D eigenvalue weighted by atomic mass is 32.1. The Balaban J connectivity index is 1.34. The summed E-state index contributed by atoms with van der Waals surface area (Å²) in [7, 11) is 0. The maximum absolute atomic E-state index is 5.32. The lowest BCUT2D eigenvalue weighted by Gasteiger charge is -2.12. The number of likely N-dealkylation sites (tertiary alicyclic amines) is 1. The third kappa shape index (κ3) is 2.95. The van der Waals surface area contributed by atoms with Gasteiger partial charge in [-0.1, -0.05) is 5.16 Å². The van der Waals surface area contributed by atoms with Crippen LogP contribution in [0.1, 0.15) is 17.3 Å². The van der Waals surface area contributed by atoms with Crippen LogP contribution in [0.5, 0.6) is 0 Å². The average Bonchev–Trinajstić information content (AvgIpc) is 3.28. The van der Waals surface area contributed by atoms with Crippen LogP contribution in [-0.4, -0.2) is 33.1 Å². The van der Waals surface area contributed by atoms with Gasteiger partial charge in [-0.3, -0.25) is 4.90 Å². The minimum Gasteiger partial charge on any atom is -0.461 e. The Morgan fingerprint density at radius 3 is 3.23 bits per heavy atom. The standard InChI is InChI=1S/C15H16N4O2S/c1-2-12(20-6-1)15-17-13(21-18-15)10-19-5-3-11(9-19)8-14-16-4-7-22-14/h1-2,4,6-7,11H,3,5,8-10H2. The summed E-state index contributed by atoms with van der Waals surface area (Å²) < 4.78 is 10.6. The number of nitrogens with zero attached hydrogens (tertiary/aromatic N) is 4. The van der Waals surface area contributed by atoms with Gasteiger partial charge in [0.25, 0.3) is 0 Å². The predicted molar refractivity (Wildman–Crippen MR) is 81.2 cm³/mol. The van der Waals surface area contributed by atoms with E-state index in [2.05, 4.69) is 20.0 Å². The van der Waals surface area contributed by atoms with Crippen molar-refractivity contribution in [1.29, 1.82) is 0 Å². The molecule has 1 unspecified atom stereocenters. The monoisotopic (exact) mass is 316 g/mol. The highest BCUT2D eigenvalue weighted by Crippen LogP contribution is 2.23. The number of hydrogen-bond acceptors (Lipinski definition) is 7. The molecular weight excluding hydrogens is 300 g/mol. The van der Waals surface area contributed by atoms with Crippen LogP contribution in [0.2, 0.25) is 0 Å². The van der Waals surface area contributed by atoms with Crippen LogP contribution in [0.3, 0.4) is 0 Å². The van der Waals surface area contributed by atoms with E-state index in [9.17, 15) is 0 Å². The van der Waals surface area contributed by atoms with Crippen LogP contribution in [0.15, 0.2) is 38.9 Å². The van der Waals surface area contributed by atoms with Crippen LogP contribution in [0, 0.1) is 5.92 Å². The lowest BCUT2D eigenvalue weighted by molar-refractivity contribution is 0.260. The van der Waals surface area contributed by atoms with Crippen LogP contribution < -0.4 is 0 Å². The van der Waals surface area contributed by atoms with E-state index in [4.69, 9.17) is 8.94 Å². The minimum atomic E-state index is 0.513. The smallest absolute Gasteiger partial charge is 0.241 e. The van der Waals surface area contributed by atoms with Gasteiger partial charge in [0, 0.05) is 24.5 Å². The van der Waals surface area contributed by atoms with Crippen molar-refractivity contribution in [3.8, 4) is 11.6 Å². The summed E-state index contributed by atoms with van der Waals surface area (Å²) in [5, 5.41) is 7.23. The highest BCUT2D eigenvalue weighted by molar-refractivity contribution is 7.09. The van der Waals surface area contributed by atoms with Gasteiger partial charge in [0.1, 0.15) is 0 Å². The first-order valence-corrected chi connectivity index (χ1v) is 8.22. The molecule has 0 N–H and O–H groups in total. The fraction of sp³-hybridized carbons (Fsp3) is 0.400. The van der Waals surface area contributed by atoms with Gasteiger partial charge in [-0.05, 0) is 31.0 Å². The lowest BCUT2D eigenvalue weighted by Crippen LogP contribution is -2.20. The second kappa shape index (κ2) is 6.02.